The highest BCUT2D eigenvalue weighted by Gasteiger charge is 2.21. The molecular weight excluding hydrogens is 485 g/mol. The third-order valence-electron chi connectivity index (χ3n) is 4.67. The van der Waals surface area contributed by atoms with Crippen LogP contribution in [0.25, 0.3) is 0 Å². The molecule has 1 fully saturated rings. The van der Waals surface area contributed by atoms with Crippen LogP contribution < -0.4 is 10.2 Å². The molecule has 1 aromatic carbocycles. The van der Waals surface area contributed by atoms with Crippen LogP contribution in [0, 0.1) is 0 Å². The molecule has 3 rings (SSSR count). The van der Waals surface area contributed by atoms with Crippen LogP contribution in [0.1, 0.15) is 23.7 Å². The van der Waals surface area contributed by atoms with Gasteiger partial charge in [0.2, 0.25) is 0 Å². The van der Waals surface area contributed by atoms with Gasteiger partial charge >= 0.3 is 0 Å². The summed E-state index contributed by atoms with van der Waals surface area (Å²) in [5.41, 5.74) is 0.912. The van der Waals surface area contributed by atoms with Gasteiger partial charge in [0.05, 0.1) is 10.7 Å². The number of benzene rings is 1. The molecule has 0 amide bonds. The number of aromatic nitrogens is 1. The molecule has 0 aliphatic carbocycles. The van der Waals surface area contributed by atoms with Crippen LogP contribution in [-0.2, 0) is 12.8 Å². The molecule has 0 atom stereocenters. The number of rotatable bonds is 6. The predicted molar refractivity (Wildman–Crippen MR) is 128 cm³/mol. The maximum atomic E-state index is 10.1. The van der Waals surface area contributed by atoms with E-state index in [1.54, 1.807) is 17.4 Å². The Hall–Kier alpha value is -1.55. The van der Waals surface area contributed by atoms with E-state index >= 15 is 0 Å². The van der Waals surface area contributed by atoms with Crippen molar-refractivity contribution in [3.05, 3.63) is 40.3 Å². The molecule has 0 saturated carbocycles. The third-order valence-corrected chi connectivity index (χ3v) is 5.88. The number of aliphatic imine (C=N–C) groups is 1. The second-order valence-corrected chi connectivity index (χ2v) is 7.72. The minimum Gasteiger partial charge on any atom is -0.506 e. The Morgan fingerprint density at radius 3 is 2.61 bits per heavy atom. The summed E-state index contributed by atoms with van der Waals surface area (Å²) < 4.78 is 0. The fraction of sp³-hybridized carbons (Fsp3) is 0.500. The standard InChI is InChI=1S/C20H29N5OS.HI/c1-3-16-15-23-19(27-16)9-10-22-20(21-4-2)25-13-11-24(12-14-25)17-7-5-6-8-18(17)26;/h5-8,15,26H,3-4,9-14H2,1-2H3,(H,21,22);1H. The van der Waals surface area contributed by atoms with Gasteiger partial charge in [-0.2, -0.15) is 0 Å². The first kappa shape index (κ1) is 22.7. The zero-order valence-electron chi connectivity index (χ0n) is 16.6. The lowest BCUT2D eigenvalue weighted by atomic mass is 10.2. The quantitative estimate of drug-likeness (QED) is 0.351. The molecule has 1 saturated heterocycles. The van der Waals surface area contributed by atoms with Crippen LogP contribution >= 0.6 is 35.3 Å². The van der Waals surface area contributed by atoms with Crippen LogP contribution in [0.15, 0.2) is 35.5 Å². The van der Waals surface area contributed by atoms with Crippen molar-refractivity contribution in [2.24, 2.45) is 4.99 Å². The highest BCUT2D eigenvalue weighted by Crippen LogP contribution is 2.27. The maximum Gasteiger partial charge on any atom is 0.194 e. The minimum atomic E-state index is 0. The van der Waals surface area contributed by atoms with Crippen molar-refractivity contribution in [2.75, 3.05) is 44.2 Å². The Morgan fingerprint density at radius 2 is 1.96 bits per heavy atom. The van der Waals surface area contributed by atoms with Crippen LogP contribution in [0.2, 0.25) is 0 Å². The highest BCUT2D eigenvalue weighted by molar-refractivity contribution is 14.0. The van der Waals surface area contributed by atoms with Gasteiger partial charge in [0.25, 0.3) is 0 Å². The molecule has 0 bridgehead atoms. The average molecular weight is 515 g/mol. The molecule has 0 spiro atoms. The number of nitrogens with zero attached hydrogens (tertiary/aromatic N) is 4. The smallest absolute Gasteiger partial charge is 0.194 e. The molecule has 2 aromatic rings. The molecule has 1 aromatic heterocycles. The van der Waals surface area contributed by atoms with Crippen LogP contribution in [0.5, 0.6) is 5.75 Å². The van der Waals surface area contributed by atoms with E-state index in [9.17, 15) is 5.11 Å². The topological polar surface area (TPSA) is 64.0 Å². The summed E-state index contributed by atoms with van der Waals surface area (Å²) in [5.74, 6) is 1.32. The predicted octanol–water partition coefficient (Wildman–Crippen LogP) is 3.36. The third kappa shape index (κ3) is 5.97. The summed E-state index contributed by atoms with van der Waals surface area (Å²) in [5, 5.41) is 14.6. The van der Waals surface area contributed by atoms with Crippen LogP contribution in [-0.4, -0.2) is 60.2 Å². The number of nitrogens with one attached hydrogen (secondary N) is 1. The van der Waals surface area contributed by atoms with Gasteiger partial charge in [-0.25, -0.2) is 4.98 Å². The number of phenols is 1. The van der Waals surface area contributed by atoms with Crippen molar-refractivity contribution < 1.29 is 5.11 Å². The maximum absolute atomic E-state index is 10.1. The summed E-state index contributed by atoms with van der Waals surface area (Å²) in [6, 6.07) is 7.55. The summed E-state index contributed by atoms with van der Waals surface area (Å²) in [6.45, 7) is 9.38. The van der Waals surface area contributed by atoms with Gasteiger partial charge in [0.1, 0.15) is 5.75 Å². The van der Waals surface area contributed by atoms with Crippen LogP contribution in [0.4, 0.5) is 5.69 Å². The van der Waals surface area contributed by atoms with Crippen molar-refractivity contribution in [1.29, 1.82) is 0 Å². The van der Waals surface area contributed by atoms with Gasteiger partial charge in [0, 0.05) is 56.8 Å². The number of aryl methyl sites for hydroxylation is 1. The first-order chi connectivity index (χ1) is 13.2. The SMILES string of the molecule is CCNC(=NCCc1ncc(CC)s1)N1CCN(c2ccccc2O)CC1.I. The number of guanidine groups is 1. The number of hydrogen-bond donors (Lipinski definition) is 2. The van der Waals surface area contributed by atoms with Gasteiger partial charge in [-0.3, -0.25) is 4.99 Å². The fourth-order valence-electron chi connectivity index (χ4n) is 3.20. The molecule has 0 radical (unpaired) electrons. The number of anilines is 1. The summed E-state index contributed by atoms with van der Waals surface area (Å²) in [7, 11) is 0. The largest absolute Gasteiger partial charge is 0.506 e. The zero-order chi connectivity index (χ0) is 19.1. The summed E-state index contributed by atoms with van der Waals surface area (Å²) >= 11 is 1.79. The average Bonchev–Trinajstić information content (AvgIpc) is 3.16. The van der Waals surface area contributed by atoms with E-state index in [0.29, 0.717) is 5.75 Å². The summed E-state index contributed by atoms with van der Waals surface area (Å²) in [6.07, 6.45) is 3.91. The number of piperazine rings is 1. The Balaban J connectivity index is 0.00000280. The molecular formula is C20H30IN5OS. The fourth-order valence-corrected chi connectivity index (χ4v) is 4.05. The number of aromatic hydroxyl groups is 1. The molecule has 2 heterocycles. The van der Waals surface area contributed by atoms with Crippen LogP contribution in [0.3, 0.4) is 0 Å². The first-order valence-corrected chi connectivity index (χ1v) is 10.5. The Kier molecular flexibility index (Phi) is 9.30. The van der Waals surface area contributed by atoms with Crippen molar-refractivity contribution in [2.45, 2.75) is 26.7 Å². The monoisotopic (exact) mass is 515 g/mol. The normalized spacial score (nSPS) is 14.7. The van der Waals surface area contributed by atoms with Gasteiger partial charge < -0.3 is 20.2 Å². The molecule has 0 unspecified atom stereocenters. The van der Waals surface area contributed by atoms with Gasteiger partial charge in [-0.1, -0.05) is 19.1 Å². The molecule has 1 aliphatic rings. The van der Waals surface area contributed by atoms with Crippen molar-refractivity contribution in [1.82, 2.24) is 15.2 Å². The second-order valence-electron chi connectivity index (χ2n) is 6.52. The Labute approximate surface area is 188 Å². The van der Waals surface area contributed by atoms with E-state index < -0.39 is 0 Å². The van der Waals surface area contributed by atoms with Gasteiger partial charge in [-0.05, 0) is 25.5 Å². The van der Waals surface area contributed by atoms with Gasteiger partial charge in [0.15, 0.2) is 5.96 Å². The van der Waals surface area contributed by atoms with E-state index in [2.05, 4.69) is 33.9 Å². The zero-order valence-corrected chi connectivity index (χ0v) is 19.7. The number of thiazole rings is 1. The number of phenolic OH excluding ortho intramolecular Hbond substituents is 1. The number of hydrogen-bond acceptors (Lipinski definition) is 5. The van der Waals surface area contributed by atoms with Gasteiger partial charge in [-0.15, -0.1) is 35.3 Å². The second kappa shape index (κ2) is 11.5. The molecule has 154 valence electrons. The molecule has 1 aliphatic heterocycles. The minimum absolute atomic E-state index is 0. The van der Waals surface area contributed by atoms with E-state index in [1.165, 1.54) is 4.88 Å². The summed E-state index contributed by atoms with van der Waals surface area (Å²) in [4.78, 5) is 15.2. The lowest BCUT2D eigenvalue weighted by Crippen LogP contribution is -2.52. The van der Waals surface area contributed by atoms with Crippen molar-refractivity contribution in [3.8, 4) is 5.75 Å². The number of para-hydroxylation sites is 2. The molecule has 8 heteroatoms. The van der Waals surface area contributed by atoms with Crippen molar-refractivity contribution >= 4 is 47.0 Å². The lowest BCUT2D eigenvalue weighted by Gasteiger charge is -2.37. The molecule has 6 nitrogen and oxygen atoms in total. The first-order valence-electron chi connectivity index (χ1n) is 9.71. The van der Waals surface area contributed by atoms with E-state index in [4.69, 9.17) is 4.99 Å². The molecule has 28 heavy (non-hydrogen) atoms. The highest BCUT2D eigenvalue weighted by atomic mass is 127. The van der Waals surface area contributed by atoms with E-state index in [-0.39, 0.29) is 24.0 Å². The van der Waals surface area contributed by atoms with E-state index in [0.717, 1.165) is 68.8 Å². The Bertz CT molecular complexity index is 759. The molecule has 2 N–H and O–H groups in total. The van der Waals surface area contributed by atoms with E-state index in [1.807, 2.05) is 24.4 Å². The Morgan fingerprint density at radius 1 is 1.21 bits per heavy atom. The number of halogens is 1. The lowest BCUT2D eigenvalue weighted by molar-refractivity contribution is 0.370. The van der Waals surface area contributed by atoms with Crippen molar-refractivity contribution in [3.63, 3.8) is 0 Å².